The molecule has 1 aromatic heterocycles. The van der Waals surface area contributed by atoms with Gasteiger partial charge in [0.1, 0.15) is 0 Å². The molecule has 0 aliphatic heterocycles. The lowest BCUT2D eigenvalue weighted by atomic mass is 10.1. The largest absolute Gasteiger partial charge is 0.294 e. The van der Waals surface area contributed by atoms with Crippen molar-refractivity contribution in [3.05, 3.63) is 54.2 Å². The Kier molecular flexibility index (Phi) is 5.56. The standard InChI is InChI=1S/C14H13BrINOS/c1-17(7-13-6-11(15)9-19-13)8-14(18)10-2-4-12(16)5-3-10/h2-6,9H,7-8H2,1H3. The molecule has 1 heterocycles. The topological polar surface area (TPSA) is 20.3 Å². The van der Waals surface area contributed by atoms with Crippen molar-refractivity contribution in [3.63, 3.8) is 0 Å². The molecule has 2 nitrogen and oxygen atoms in total. The van der Waals surface area contributed by atoms with Crippen LogP contribution in [0.15, 0.2) is 40.2 Å². The summed E-state index contributed by atoms with van der Waals surface area (Å²) in [6, 6.07) is 9.80. The number of hydrogen-bond donors (Lipinski definition) is 0. The minimum absolute atomic E-state index is 0.162. The third-order valence-corrected chi connectivity index (χ3v) is 5.03. The van der Waals surface area contributed by atoms with E-state index in [4.69, 9.17) is 0 Å². The molecule has 0 amide bonds. The summed E-state index contributed by atoms with van der Waals surface area (Å²) >= 11 is 7.38. The summed E-state index contributed by atoms with van der Waals surface area (Å²) in [6.45, 7) is 1.24. The zero-order chi connectivity index (χ0) is 13.8. The van der Waals surface area contributed by atoms with Gasteiger partial charge in [-0.15, -0.1) is 11.3 Å². The fraction of sp³-hybridized carbons (Fsp3) is 0.214. The molecule has 0 fully saturated rings. The van der Waals surface area contributed by atoms with Gasteiger partial charge in [0.15, 0.2) is 5.78 Å². The Morgan fingerprint density at radius 1 is 1.37 bits per heavy atom. The van der Waals surface area contributed by atoms with Crippen molar-refractivity contribution in [2.45, 2.75) is 6.54 Å². The van der Waals surface area contributed by atoms with Crippen LogP contribution in [0.2, 0.25) is 0 Å². The number of carbonyl (C=O) groups is 1. The van der Waals surface area contributed by atoms with Crippen LogP contribution in [0.3, 0.4) is 0 Å². The van der Waals surface area contributed by atoms with Crippen molar-refractivity contribution >= 4 is 55.6 Å². The molecule has 19 heavy (non-hydrogen) atoms. The van der Waals surface area contributed by atoms with E-state index in [1.54, 1.807) is 11.3 Å². The Labute approximate surface area is 139 Å². The highest BCUT2D eigenvalue weighted by Gasteiger charge is 2.10. The molecule has 2 rings (SSSR count). The van der Waals surface area contributed by atoms with E-state index in [2.05, 4.69) is 50.0 Å². The second kappa shape index (κ2) is 6.97. The SMILES string of the molecule is CN(CC(=O)c1ccc(I)cc1)Cc1cc(Br)cs1. The smallest absolute Gasteiger partial charge is 0.176 e. The van der Waals surface area contributed by atoms with Gasteiger partial charge in [-0.25, -0.2) is 0 Å². The lowest BCUT2D eigenvalue weighted by Gasteiger charge is -2.14. The fourth-order valence-corrected chi connectivity index (χ4v) is 3.62. The molecule has 0 bridgehead atoms. The van der Waals surface area contributed by atoms with E-state index in [1.165, 1.54) is 4.88 Å². The number of Topliss-reactive ketones (excluding diaryl/α,β-unsaturated/α-hetero) is 1. The summed E-state index contributed by atoms with van der Waals surface area (Å²) in [4.78, 5) is 15.4. The molecule has 0 spiro atoms. The molecule has 0 aliphatic carbocycles. The van der Waals surface area contributed by atoms with Crippen LogP contribution in [0.25, 0.3) is 0 Å². The van der Waals surface area contributed by atoms with Gasteiger partial charge in [0.05, 0.1) is 6.54 Å². The third kappa shape index (κ3) is 4.66. The number of hydrogen-bond acceptors (Lipinski definition) is 3. The molecule has 0 N–H and O–H groups in total. The molecule has 0 saturated carbocycles. The molecule has 2 aromatic rings. The summed E-state index contributed by atoms with van der Waals surface area (Å²) < 4.78 is 2.25. The quantitative estimate of drug-likeness (QED) is 0.497. The van der Waals surface area contributed by atoms with Crippen LogP contribution in [0.1, 0.15) is 15.2 Å². The molecular weight excluding hydrogens is 437 g/mol. The normalized spacial score (nSPS) is 10.9. The Balaban J connectivity index is 1.93. The third-order valence-electron chi connectivity index (χ3n) is 2.63. The molecular formula is C14H13BrINOS. The van der Waals surface area contributed by atoms with Crippen molar-refractivity contribution in [2.24, 2.45) is 0 Å². The van der Waals surface area contributed by atoms with Crippen molar-refractivity contribution in [3.8, 4) is 0 Å². The van der Waals surface area contributed by atoms with Crippen LogP contribution >= 0.6 is 49.9 Å². The van der Waals surface area contributed by atoms with Gasteiger partial charge in [0.25, 0.3) is 0 Å². The highest BCUT2D eigenvalue weighted by Crippen LogP contribution is 2.20. The Bertz CT molecular complexity index is 567. The highest BCUT2D eigenvalue weighted by atomic mass is 127. The van der Waals surface area contributed by atoms with E-state index in [1.807, 2.05) is 36.2 Å². The molecule has 0 unspecified atom stereocenters. The second-order valence-electron chi connectivity index (χ2n) is 4.33. The van der Waals surface area contributed by atoms with Gasteiger partial charge >= 0.3 is 0 Å². The van der Waals surface area contributed by atoms with Gasteiger partial charge in [0, 0.05) is 30.4 Å². The number of carbonyl (C=O) groups excluding carboxylic acids is 1. The summed E-state index contributed by atoms with van der Waals surface area (Å²) in [7, 11) is 1.97. The van der Waals surface area contributed by atoms with Gasteiger partial charge in [-0.3, -0.25) is 9.69 Å². The number of rotatable bonds is 5. The maximum absolute atomic E-state index is 12.1. The highest BCUT2D eigenvalue weighted by molar-refractivity contribution is 14.1. The van der Waals surface area contributed by atoms with Crippen molar-refractivity contribution in [2.75, 3.05) is 13.6 Å². The average molecular weight is 450 g/mol. The average Bonchev–Trinajstić information content (AvgIpc) is 2.75. The number of benzene rings is 1. The van der Waals surface area contributed by atoms with Gasteiger partial charge < -0.3 is 0 Å². The number of likely N-dealkylation sites (N-methyl/N-ethyl adjacent to an activating group) is 1. The van der Waals surface area contributed by atoms with E-state index in [0.717, 1.165) is 20.2 Å². The minimum atomic E-state index is 0.162. The number of ketones is 1. The molecule has 0 radical (unpaired) electrons. The van der Waals surface area contributed by atoms with Crippen LogP contribution in [0, 0.1) is 3.57 Å². The van der Waals surface area contributed by atoms with Crippen molar-refractivity contribution < 1.29 is 4.79 Å². The summed E-state index contributed by atoms with van der Waals surface area (Å²) in [5, 5.41) is 2.06. The second-order valence-corrected chi connectivity index (χ2v) is 7.49. The van der Waals surface area contributed by atoms with Gasteiger partial charge in [-0.1, -0.05) is 12.1 Å². The molecule has 0 saturated heterocycles. The molecule has 1 aromatic carbocycles. The van der Waals surface area contributed by atoms with E-state index in [0.29, 0.717) is 6.54 Å². The van der Waals surface area contributed by atoms with E-state index in [-0.39, 0.29) is 5.78 Å². The lowest BCUT2D eigenvalue weighted by Crippen LogP contribution is -2.25. The first kappa shape index (κ1) is 15.2. The predicted octanol–water partition coefficient (Wildman–Crippen LogP) is 4.43. The molecule has 0 atom stereocenters. The number of thiophene rings is 1. The number of halogens is 2. The van der Waals surface area contributed by atoms with Crippen molar-refractivity contribution in [1.29, 1.82) is 0 Å². The first-order valence-electron chi connectivity index (χ1n) is 5.75. The fourth-order valence-electron chi connectivity index (χ4n) is 1.73. The zero-order valence-electron chi connectivity index (χ0n) is 10.4. The van der Waals surface area contributed by atoms with Crippen LogP contribution in [-0.2, 0) is 6.54 Å². The van der Waals surface area contributed by atoms with Gasteiger partial charge in [-0.05, 0) is 63.8 Å². The monoisotopic (exact) mass is 449 g/mol. The molecule has 0 aliphatic rings. The Hall–Kier alpha value is -0.240. The molecule has 100 valence electrons. The first-order valence-corrected chi connectivity index (χ1v) is 8.50. The van der Waals surface area contributed by atoms with Crippen LogP contribution in [-0.4, -0.2) is 24.3 Å². The summed E-state index contributed by atoms with van der Waals surface area (Å²) in [5.41, 5.74) is 0.777. The van der Waals surface area contributed by atoms with E-state index in [9.17, 15) is 4.79 Å². The maximum Gasteiger partial charge on any atom is 0.176 e. The minimum Gasteiger partial charge on any atom is -0.294 e. The predicted molar refractivity (Wildman–Crippen MR) is 91.8 cm³/mol. The Morgan fingerprint density at radius 2 is 2.05 bits per heavy atom. The van der Waals surface area contributed by atoms with Gasteiger partial charge in [-0.2, -0.15) is 0 Å². The van der Waals surface area contributed by atoms with E-state index >= 15 is 0 Å². The first-order chi connectivity index (χ1) is 9.04. The zero-order valence-corrected chi connectivity index (χ0v) is 15.0. The maximum atomic E-state index is 12.1. The lowest BCUT2D eigenvalue weighted by molar-refractivity contribution is 0.0943. The molecule has 5 heteroatoms. The van der Waals surface area contributed by atoms with Crippen molar-refractivity contribution in [1.82, 2.24) is 4.90 Å². The van der Waals surface area contributed by atoms with Gasteiger partial charge in [0.2, 0.25) is 0 Å². The van der Waals surface area contributed by atoms with E-state index < -0.39 is 0 Å². The summed E-state index contributed by atoms with van der Waals surface area (Å²) in [6.07, 6.45) is 0. The van der Waals surface area contributed by atoms with Crippen LogP contribution in [0.4, 0.5) is 0 Å². The summed E-state index contributed by atoms with van der Waals surface area (Å²) in [5.74, 6) is 0.162. The van der Waals surface area contributed by atoms with Crippen LogP contribution in [0.5, 0.6) is 0 Å². The number of nitrogens with zero attached hydrogens (tertiary/aromatic N) is 1. The Morgan fingerprint density at radius 3 is 2.63 bits per heavy atom. The van der Waals surface area contributed by atoms with Crippen LogP contribution < -0.4 is 0 Å².